The maximum Gasteiger partial charge on any atom is 0.242 e. The summed E-state index contributed by atoms with van der Waals surface area (Å²) in [5.74, 6) is 0.0380. The van der Waals surface area contributed by atoms with E-state index in [1.54, 1.807) is 7.11 Å². The van der Waals surface area contributed by atoms with Crippen LogP contribution in [0.25, 0.3) is 10.9 Å². The summed E-state index contributed by atoms with van der Waals surface area (Å²) >= 11 is 2.07. The van der Waals surface area contributed by atoms with E-state index in [1.807, 2.05) is 33.9 Å². The average molecular weight is 491 g/mol. The lowest BCUT2D eigenvalue weighted by Crippen LogP contribution is -2.48. The summed E-state index contributed by atoms with van der Waals surface area (Å²) < 4.78 is 7.44. The minimum absolute atomic E-state index is 0.00916. The molecular formula is C19H31IN3O2P. The van der Waals surface area contributed by atoms with Crippen LogP contribution in [-0.2, 0) is 23.0 Å². The monoisotopic (exact) mass is 491 g/mol. The van der Waals surface area contributed by atoms with Crippen LogP contribution in [0, 0.1) is 0 Å². The molecule has 7 heteroatoms. The number of likely N-dealkylation sites (N-methyl/N-ethyl adjacent to an activating group) is 1. The van der Waals surface area contributed by atoms with Crippen molar-refractivity contribution in [1.82, 2.24) is 9.88 Å². The highest BCUT2D eigenvalue weighted by Gasteiger charge is 2.27. The van der Waals surface area contributed by atoms with Gasteiger partial charge in [0.2, 0.25) is 5.91 Å². The zero-order valence-corrected chi connectivity index (χ0v) is 19.9. The van der Waals surface area contributed by atoms with Crippen molar-refractivity contribution in [2.24, 2.45) is 7.05 Å². The standard InChI is InChI=1S/C17H23N3O2.C2H6.H2IP/c1-11-17(21)18-13(10-22-4)8-12-9-19(2)14-6-5-7-15(16(12)14)20(11)3;2*1-2/h5-7,9,11,13H,8,10H2,1-4H3,(H,18,21);1-2H3;2H2. The Hall–Kier alpha value is -0.850. The van der Waals surface area contributed by atoms with Gasteiger partial charge in [-0.3, -0.25) is 4.79 Å². The van der Waals surface area contributed by atoms with Gasteiger partial charge in [0.15, 0.2) is 0 Å². The van der Waals surface area contributed by atoms with Crippen LogP contribution in [0.4, 0.5) is 5.69 Å². The lowest BCUT2D eigenvalue weighted by Gasteiger charge is -2.27. The smallest absolute Gasteiger partial charge is 0.242 e. The number of methoxy groups -OCH3 is 1. The van der Waals surface area contributed by atoms with Crippen LogP contribution in [-0.4, -0.2) is 43.3 Å². The summed E-state index contributed by atoms with van der Waals surface area (Å²) in [5, 5.41) is 4.35. The third-order valence-corrected chi connectivity index (χ3v) is 4.59. The molecule has 0 saturated carbocycles. The molecule has 1 N–H and O–H groups in total. The number of nitrogens with zero attached hydrogens (tertiary/aromatic N) is 2. The van der Waals surface area contributed by atoms with Crippen molar-refractivity contribution in [2.45, 2.75) is 39.3 Å². The molecule has 2 aromatic rings. The van der Waals surface area contributed by atoms with Gasteiger partial charge in [-0.15, -0.1) is 0 Å². The third-order valence-electron chi connectivity index (χ3n) is 4.59. The number of aromatic nitrogens is 1. The fourth-order valence-electron chi connectivity index (χ4n) is 3.29. The van der Waals surface area contributed by atoms with Crippen molar-refractivity contribution >= 4 is 51.4 Å². The first kappa shape index (κ1) is 23.2. The van der Waals surface area contributed by atoms with E-state index in [1.165, 1.54) is 16.5 Å². The number of rotatable bonds is 2. The minimum Gasteiger partial charge on any atom is -0.383 e. The number of benzene rings is 1. The Morgan fingerprint density at radius 1 is 1.31 bits per heavy atom. The van der Waals surface area contributed by atoms with Gasteiger partial charge in [-0.25, -0.2) is 0 Å². The van der Waals surface area contributed by atoms with Gasteiger partial charge >= 0.3 is 0 Å². The maximum atomic E-state index is 12.5. The van der Waals surface area contributed by atoms with Crippen LogP contribution >= 0.6 is 28.9 Å². The van der Waals surface area contributed by atoms with Crippen molar-refractivity contribution in [1.29, 1.82) is 0 Å². The molecule has 0 bridgehead atoms. The van der Waals surface area contributed by atoms with E-state index in [4.69, 9.17) is 4.74 Å². The van der Waals surface area contributed by atoms with E-state index in [0.29, 0.717) is 6.61 Å². The SMILES string of the molecule is CC.COCC1Cc2cn(C)c3cccc(c23)N(C)C(C)C(=O)N1.PI. The van der Waals surface area contributed by atoms with Crippen molar-refractivity contribution in [3.8, 4) is 0 Å². The predicted molar refractivity (Wildman–Crippen MR) is 123 cm³/mol. The van der Waals surface area contributed by atoms with Crippen LogP contribution < -0.4 is 10.2 Å². The topological polar surface area (TPSA) is 46.5 Å². The number of carbonyl (C=O) groups excluding carboxylic acids is 1. The molecular weight excluding hydrogens is 460 g/mol. The predicted octanol–water partition coefficient (Wildman–Crippen LogP) is 3.93. The summed E-state index contributed by atoms with van der Waals surface area (Å²) in [7, 11) is 5.71. The lowest BCUT2D eigenvalue weighted by atomic mass is 10.0. The van der Waals surface area contributed by atoms with Crippen LogP contribution in [0.3, 0.4) is 0 Å². The Balaban J connectivity index is 0.000000791. The Bertz CT molecular complexity index is 720. The fourth-order valence-corrected chi connectivity index (χ4v) is 3.29. The summed E-state index contributed by atoms with van der Waals surface area (Å²) in [6, 6.07) is 6.03. The quantitative estimate of drug-likeness (QED) is 0.512. The molecule has 1 aliphatic heterocycles. The zero-order valence-electron chi connectivity index (χ0n) is 16.5. The molecule has 0 aliphatic carbocycles. The third kappa shape index (κ3) is 4.90. The second kappa shape index (κ2) is 11.1. The lowest BCUT2D eigenvalue weighted by molar-refractivity contribution is -0.123. The number of aryl methyl sites for hydroxylation is 1. The molecule has 1 aliphatic rings. The molecule has 3 rings (SSSR count). The number of carbonyl (C=O) groups is 1. The molecule has 2 heterocycles. The number of nitrogens with one attached hydrogen (secondary N) is 1. The van der Waals surface area contributed by atoms with E-state index in [9.17, 15) is 4.79 Å². The van der Waals surface area contributed by atoms with E-state index < -0.39 is 0 Å². The highest BCUT2D eigenvalue weighted by atomic mass is 127. The summed E-state index contributed by atoms with van der Waals surface area (Å²) in [5.41, 5.74) is 3.54. The average Bonchev–Trinajstić information content (AvgIpc) is 3.00. The van der Waals surface area contributed by atoms with Crippen molar-refractivity contribution in [3.63, 3.8) is 0 Å². The first-order chi connectivity index (χ1) is 12.5. The second-order valence-electron chi connectivity index (χ2n) is 6.09. The van der Waals surface area contributed by atoms with Crippen molar-refractivity contribution in [3.05, 3.63) is 30.0 Å². The molecule has 1 aromatic heterocycles. The second-order valence-corrected chi connectivity index (χ2v) is 6.09. The number of ether oxygens (including phenoxy) is 1. The number of amides is 1. The highest BCUT2D eigenvalue weighted by molar-refractivity contribution is 14.2. The highest BCUT2D eigenvalue weighted by Crippen LogP contribution is 2.33. The summed E-state index contributed by atoms with van der Waals surface area (Å²) in [6.07, 6.45) is 2.93. The first-order valence-corrected chi connectivity index (χ1v) is 13.0. The maximum absolute atomic E-state index is 12.5. The molecule has 146 valence electrons. The number of halogens is 1. The molecule has 1 amide bonds. The normalized spacial score (nSPS) is 19.2. The van der Waals surface area contributed by atoms with Crippen LogP contribution in [0.2, 0.25) is 0 Å². The molecule has 0 radical (unpaired) electrons. The van der Waals surface area contributed by atoms with E-state index in [2.05, 4.69) is 69.1 Å². The summed E-state index contributed by atoms with van der Waals surface area (Å²) in [6.45, 7) is 8.84. The van der Waals surface area contributed by atoms with Crippen LogP contribution in [0.5, 0.6) is 0 Å². The van der Waals surface area contributed by atoms with Gasteiger partial charge in [-0.2, -0.15) is 0 Å². The van der Waals surface area contributed by atoms with Crippen molar-refractivity contribution < 1.29 is 9.53 Å². The van der Waals surface area contributed by atoms with Crippen LogP contribution in [0.1, 0.15) is 26.3 Å². The molecule has 0 spiro atoms. The van der Waals surface area contributed by atoms with Gasteiger partial charge < -0.3 is 19.5 Å². The van der Waals surface area contributed by atoms with E-state index >= 15 is 0 Å². The Kier molecular flexibility index (Phi) is 9.90. The zero-order chi connectivity index (χ0) is 19.9. The molecule has 1 aromatic carbocycles. The molecule has 3 atom stereocenters. The number of hydrogen-bond acceptors (Lipinski definition) is 3. The van der Waals surface area contributed by atoms with E-state index in [-0.39, 0.29) is 18.0 Å². The Morgan fingerprint density at radius 2 is 1.96 bits per heavy atom. The van der Waals surface area contributed by atoms with Gasteiger partial charge in [0, 0.05) is 38.5 Å². The van der Waals surface area contributed by atoms with Gasteiger partial charge in [0.25, 0.3) is 0 Å². The van der Waals surface area contributed by atoms with Crippen molar-refractivity contribution in [2.75, 3.05) is 25.7 Å². The number of hydrogen-bond donors (Lipinski definition) is 1. The van der Waals surface area contributed by atoms with E-state index in [0.717, 1.165) is 12.1 Å². The number of anilines is 1. The minimum atomic E-state index is -0.226. The fraction of sp³-hybridized carbons (Fsp3) is 0.526. The van der Waals surface area contributed by atoms with Gasteiger partial charge in [0.05, 0.1) is 18.2 Å². The summed E-state index contributed by atoms with van der Waals surface area (Å²) in [4.78, 5) is 14.5. The van der Waals surface area contributed by atoms with Gasteiger partial charge in [-0.1, -0.05) is 48.8 Å². The van der Waals surface area contributed by atoms with Gasteiger partial charge in [-0.05, 0) is 31.0 Å². The van der Waals surface area contributed by atoms with Crippen LogP contribution in [0.15, 0.2) is 24.4 Å². The molecule has 3 unspecified atom stereocenters. The molecule has 26 heavy (non-hydrogen) atoms. The molecule has 0 saturated heterocycles. The molecule has 0 fully saturated rings. The molecule has 5 nitrogen and oxygen atoms in total. The van der Waals surface area contributed by atoms with Gasteiger partial charge in [0.1, 0.15) is 6.04 Å². The largest absolute Gasteiger partial charge is 0.383 e. The Labute approximate surface area is 172 Å². The Morgan fingerprint density at radius 3 is 2.58 bits per heavy atom. The first-order valence-electron chi connectivity index (χ1n) is 8.83.